The highest BCUT2D eigenvalue weighted by Gasteiger charge is 1.89. The van der Waals surface area contributed by atoms with Gasteiger partial charge in [0.1, 0.15) is 5.75 Å². The molecule has 1 radical (unpaired) electrons. The monoisotopic (exact) mass is 150 g/mol. The Balaban J connectivity index is 2.58. The predicted molar refractivity (Wildman–Crippen MR) is 42.3 cm³/mol. The molecule has 0 saturated heterocycles. The predicted octanol–water partition coefficient (Wildman–Crippen LogP) is 0.914. The van der Waals surface area contributed by atoms with Gasteiger partial charge in [-0.15, -0.1) is 0 Å². The summed E-state index contributed by atoms with van der Waals surface area (Å²) in [6.45, 7) is 0.171. The van der Waals surface area contributed by atoms with Crippen LogP contribution in [0.15, 0.2) is 24.3 Å². The van der Waals surface area contributed by atoms with Gasteiger partial charge in [0.05, 0.1) is 6.54 Å². The quantitative estimate of drug-likeness (QED) is 0.630. The van der Waals surface area contributed by atoms with Gasteiger partial charge in [0, 0.05) is 5.69 Å². The number of carbonyl (C=O) groups excluding carboxylic acids is 1. The molecule has 0 saturated carbocycles. The maximum atomic E-state index is 9.81. The molecule has 0 spiro atoms. The van der Waals surface area contributed by atoms with Crippen LogP contribution in [-0.2, 0) is 4.79 Å². The van der Waals surface area contributed by atoms with E-state index in [0.717, 1.165) is 5.69 Å². The summed E-state index contributed by atoms with van der Waals surface area (Å²) in [7, 11) is 0. The lowest BCUT2D eigenvalue weighted by molar-refractivity contribution is 0.475. The molecule has 0 bridgehead atoms. The summed E-state index contributed by atoms with van der Waals surface area (Å²) in [6, 6.07) is 6.47. The van der Waals surface area contributed by atoms with Gasteiger partial charge in [0.2, 0.25) is 6.29 Å². The van der Waals surface area contributed by atoms with Crippen LogP contribution in [0.4, 0.5) is 5.69 Å². The fraction of sp³-hybridized carbons (Fsp3) is 0.125. The van der Waals surface area contributed by atoms with Gasteiger partial charge in [-0.05, 0) is 24.3 Å². The molecule has 57 valence electrons. The molecule has 0 aliphatic rings. The number of anilines is 1. The highest BCUT2D eigenvalue weighted by molar-refractivity contribution is 5.60. The number of hydrogen-bond donors (Lipinski definition) is 2. The van der Waals surface area contributed by atoms with Gasteiger partial charge >= 0.3 is 0 Å². The molecule has 3 nitrogen and oxygen atoms in total. The standard InChI is InChI=1S/C8H8NO2/c10-6-5-9-7-1-3-8(11)4-2-7/h1-4,9,11H,5H2. The van der Waals surface area contributed by atoms with Crippen LogP contribution in [0.2, 0.25) is 0 Å². The van der Waals surface area contributed by atoms with Crippen molar-refractivity contribution in [2.45, 2.75) is 0 Å². The number of hydrogen-bond acceptors (Lipinski definition) is 3. The lowest BCUT2D eigenvalue weighted by atomic mass is 10.3. The lowest BCUT2D eigenvalue weighted by Crippen LogP contribution is -2.00. The maximum Gasteiger partial charge on any atom is 0.219 e. The second-order valence-electron chi connectivity index (χ2n) is 2.04. The van der Waals surface area contributed by atoms with Crippen molar-refractivity contribution in [1.82, 2.24) is 0 Å². The van der Waals surface area contributed by atoms with Crippen molar-refractivity contribution in [2.75, 3.05) is 11.9 Å². The van der Waals surface area contributed by atoms with E-state index >= 15 is 0 Å². The van der Waals surface area contributed by atoms with Crippen LogP contribution >= 0.6 is 0 Å². The summed E-state index contributed by atoms with van der Waals surface area (Å²) in [6.07, 6.45) is 1.71. The average molecular weight is 150 g/mol. The Kier molecular flexibility index (Phi) is 2.49. The molecule has 1 aromatic rings. The first-order valence-corrected chi connectivity index (χ1v) is 3.21. The third-order valence-corrected chi connectivity index (χ3v) is 1.23. The second-order valence-corrected chi connectivity index (χ2v) is 2.04. The van der Waals surface area contributed by atoms with Crippen LogP contribution in [0.25, 0.3) is 0 Å². The van der Waals surface area contributed by atoms with E-state index in [1.165, 1.54) is 0 Å². The van der Waals surface area contributed by atoms with Crippen molar-refractivity contribution in [1.29, 1.82) is 0 Å². The lowest BCUT2D eigenvalue weighted by Gasteiger charge is -1.99. The van der Waals surface area contributed by atoms with E-state index in [2.05, 4.69) is 5.32 Å². The highest BCUT2D eigenvalue weighted by atomic mass is 16.3. The average Bonchev–Trinajstić information content (AvgIpc) is 2.04. The van der Waals surface area contributed by atoms with E-state index in [1.807, 2.05) is 0 Å². The Morgan fingerprint density at radius 3 is 2.55 bits per heavy atom. The topological polar surface area (TPSA) is 49.3 Å². The third kappa shape index (κ3) is 2.29. The fourth-order valence-corrected chi connectivity index (χ4v) is 0.717. The smallest absolute Gasteiger partial charge is 0.219 e. The summed E-state index contributed by atoms with van der Waals surface area (Å²) in [5, 5.41) is 11.7. The second kappa shape index (κ2) is 3.61. The minimum Gasteiger partial charge on any atom is -0.508 e. The summed E-state index contributed by atoms with van der Waals surface area (Å²) < 4.78 is 0. The molecule has 0 heterocycles. The van der Waals surface area contributed by atoms with Crippen molar-refractivity contribution in [3.05, 3.63) is 24.3 Å². The third-order valence-electron chi connectivity index (χ3n) is 1.23. The van der Waals surface area contributed by atoms with Gasteiger partial charge in [0.25, 0.3) is 0 Å². The Morgan fingerprint density at radius 2 is 2.00 bits per heavy atom. The number of nitrogens with one attached hydrogen (secondary N) is 1. The van der Waals surface area contributed by atoms with Crippen LogP contribution in [-0.4, -0.2) is 17.9 Å². The molecule has 11 heavy (non-hydrogen) atoms. The van der Waals surface area contributed by atoms with Gasteiger partial charge in [0.15, 0.2) is 0 Å². The van der Waals surface area contributed by atoms with Crippen LogP contribution in [0, 0.1) is 0 Å². The van der Waals surface area contributed by atoms with Crippen molar-refractivity contribution < 1.29 is 9.90 Å². The largest absolute Gasteiger partial charge is 0.508 e. The van der Waals surface area contributed by atoms with Crippen LogP contribution in [0.3, 0.4) is 0 Å². The summed E-state index contributed by atoms with van der Waals surface area (Å²) in [4.78, 5) is 9.81. The summed E-state index contributed by atoms with van der Waals surface area (Å²) in [5.74, 6) is 0.214. The minimum atomic E-state index is 0.171. The van der Waals surface area contributed by atoms with Crippen LogP contribution in [0.5, 0.6) is 5.75 Å². The molecule has 0 atom stereocenters. The molecule has 1 aromatic carbocycles. The number of phenolic OH excluding ortho intramolecular Hbond substituents is 1. The van der Waals surface area contributed by atoms with Crippen molar-refractivity contribution in [3.8, 4) is 5.75 Å². The Bertz CT molecular complexity index is 230. The first-order valence-electron chi connectivity index (χ1n) is 3.21. The van der Waals surface area contributed by atoms with E-state index in [0.29, 0.717) is 0 Å². The van der Waals surface area contributed by atoms with E-state index < -0.39 is 0 Å². The van der Waals surface area contributed by atoms with Crippen molar-refractivity contribution in [3.63, 3.8) is 0 Å². The zero-order valence-electron chi connectivity index (χ0n) is 5.87. The van der Waals surface area contributed by atoms with E-state index in [9.17, 15) is 4.79 Å². The highest BCUT2D eigenvalue weighted by Crippen LogP contribution is 2.12. The Labute approximate surface area is 64.7 Å². The molecule has 0 aliphatic carbocycles. The molecule has 0 fully saturated rings. The molecule has 2 N–H and O–H groups in total. The number of aromatic hydroxyl groups is 1. The number of phenols is 1. The molecule has 0 unspecified atom stereocenters. The van der Waals surface area contributed by atoms with Crippen molar-refractivity contribution in [2.24, 2.45) is 0 Å². The van der Waals surface area contributed by atoms with E-state index in [-0.39, 0.29) is 12.3 Å². The van der Waals surface area contributed by atoms with Crippen LogP contribution in [0.1, 0.15) is 0 Å². The van der Waals surface area contributed by atoms with Gasteiger partial charge < -0.3 is 10.4 Å². The van der Waals surface area contributed by atoms with E-state index in [1.54, 1.807) is 30.6 Å². The zero-order valence-corrected chi connectivity index (χ0v) is 5.87. The summed E-state index contributed by atoms with van der Waals surface area (Å²) >= 11 is 0. The summed E-state index contributed by atoms with van der Waals surface area (Å²) in [5.41, 5.74) is 0.797. The minimum absolute atomic E-state index is 0.171. The maximum absolute atomic E-state index is 9.81. The Hall–Kier alpha value is -1.51. The van der Waals surface area contributed by atoms with Crippen LogP contribution < -0.4 is 5.32 Å². The molecule has 0 amide bonds. The van der Waals surface area contributed by atoms with Crippen molar-refractivity contribution >= 4 is 12.0 Å². The molecular formula is C8H8NO2. The molecule has 1 rings (SSSR count). The van der Waals surface area contributed by atoms with E-state index in [4.69, 9.17) is 5.11 Å². The SMILES string of the molecule is O=[C]CNc1ccc(O)cc1. The number of benzene rings is 1. The fourth-order valence-electron chi connectivity index (χ4n) is 0.717. The first-order chi connectivity index (χ1) is 5.33. The van der Waals surface area contributed by atoms with Gasteiger partial charge in [-0.2, -0.15) is 0 Å². The molecule has 0 aliphatic heterocycles. The molecule has 0 aromatic heterocycles. The van der Waals surface area contributed by atoms with Gasteiger partial charge in [-0.1, -0.05) is 0 Å². The zero-order chi connectivity index (χ0) is 8.10. The molecule has 3 heteroatoms. The number of rotatable bonds is 3. The molecular weight excluding hydrogens is 142 g/mol. The Morgan fingerprint density at radius 1 is 1.36 bits per heavy atom. The first kappa shape index (κ1) is 7.60. The van der Waals surface area contributed by atoms with Gasteiger partial charge in [-0.3, -0.25) is 4.79 Å². The normalized spacial score (nSPS) is 9.09. The van der Waals surface area contributed by atoms with Gasteiger partial charge in [-0.25, -0.2) is 0 Å².